The first-order chi connectivity index (χ1) is 22.2. The van der Waals surface area contributed by atoms with Crippen LogP contribution < -0.4 is 0 Å². The summed E-state index contributed by atoms with van der Waals surface area (Å²) in [5.41, 5.74) is 0. The molecule has 0 aliphatic carbocycles. The zero-order valence-corrected chi connectivity index (χ0v) is 30.5. The second kappa shape index (κ2) is 38.9. The summed E-state index contributed by atoms with van der Waals surface area (Å²) < 4.78 is 9.90. The van der Waals surface area contributed by atoms with Gasteiger partial charge in [0.2, 0.25) is 0 Å². The van der Waals surface area contributed by atoms with E-state index in [-0.39, 0.29) is 0 Å². The number of allylic oxidation sites excluding steroid dienone is 2. The van der Waals surface area contributed by atoms with E-state index in [9.17, 15) is 9.59 Å². The molecular weight excluding hydrogens is 556 g/mol. The van der Waals surface area contributed by atoms with Gasteiger partial charge >= 0.3 is 12.1 Å². The Morgan fingerprint density at radius 2 is 0.711 bits per heavy atom. The quantitative estimate of drug-likeness (QED) is 0.0298. The molecule has 0 aromatic heterocycles. The topological polar surface area (TPSA) is 52.6 Å². The maximum Gasteiger partial charge on any atom is 0.516 e. The number of unbranched alkanes of at least 4 members (excludes halogenated alkanes) is 30. The van der Waals surface area contributed by atoms with Crippen LogP contribution in [0.4, 0.5) is 4.79 Å². The zero-order valence-electron chi connectivity index (χ0n) is 30.5. The van der Waals surface area contributed by atoms with Crippen molar-refractivity contribution in [2.45, 2.75) is 232 Å². The van der Waals surface area contributed by atoms with Crippen LogP contribution in [0.15, 0.2) is 12.2 Å². The van der Waals surface area contributed by atoms with Gasteiger partial charge in [0, 0.05) is 6.42 Å². The van der Waals surface area contributed by atoms with Crippen molar-refractivity contribution in [3.8, 4) is 0 Å². The van der Waals surface area contributed by atoms with Gasteiger partial charge in [0.1, 0.15) is 0 Å². The lowest BCUT2D eigenvalue weighted by Crippen LogP contribution is -2.14. The van der Waals surface area contributed by atoms with Gasteiger partial charge in [-0.2, -0.15) is 0 Å². The minimum atomic E-state index is -0.825. The molecule has 0 bridgehead atoms. The second-order valence-corrected chi connectivity index (χ2v) is 13.6. The number of rotatable bonds is 36. The van der Waals surface area contributed by atoms with Crippen LogP contribution in [-0.4, -0.2) is 18.7 Å². The Morgan fingerprint density at radius 3 is 1.09 bits per heavy atom. The minimum absolute atomic E-state index is 0.306. The highest BCUT2D eigenvalue weighted by Crippen LogP contribution is 2.15. The van der Waals surface area contributed by atoms with Gasteiger partial charge in [-0.1, -0.05) is 199 Å². The molecule has 0 amide bonds. The highest BCUT2D eigenvalue weighted by molar-refractivity contribution is 5.81. The third kappa shape index (κ3) is 38.8. The molecule has 0 aromatic carbocycles. The molecule has 266 valence electrons. The second-order valence-electron chi connectivity index (χ2n) is 13.6. The van der Waals surface area contributed by atoms with Crippen molar-refractivity contribution in [2.75, 3.05) is 6.61 Å². The van der Waals surface area contributed by atoms with Crippen LogP contribution in [0.25, 0.3) is 0 Å². The molecule has 0 rings (SSSR count). The Hall–Kier alpha value is -1.32. The Labute approximate surface area is 281 Å². The van der Waals surface area contributed by atoms with Gasteiger partial charge < -0.3 is 9.47 Å². The first-order valence-electron chi connectivity index (χ1n) is 20.2. The van der Waals surface area contributed by atoms with E-state index >= 15 is 0 Å². The van der Waals surface area contributed by atoms with Gasteiger partial charge in [0.15, 0.2) is 0 Å². The van der Waals surface area contributed by atoms with Crippen molar-refractivity contribution in [1.29, 1.82) is 0 Å². The number of carbonyl (C=O) groups excluding carboxylic acids is 2. The van der Waals surface area contributed by atoms with Crippen LogP contribution in [0.5, 0.6) is 0 Å². The van der Waals surface area contributed by atoms with E-state index in [0.717, 1.165) is 32.1 Å². The fourth-order valence-electron chi connectivity index (χ4n) is 6.03. The smallest absolute Gasteiger partial charge is 0.434 e. The number of hydrogen-bond donors (Lipinski definition) is 0. The average molecular weight is 635 g/mol. The molecule has 0 radical (unpaired) electrons. The standard InChI is InChI=1S/C41H78O4/c1-3-5-7-9-11-13-15-17-19-21-22-23-24-26-28-30-32-34-36-38-40(42)45-41(43)44-39-37-35-33-31-29-27-25-20-18-16-14-12-10-8-6-4-2/h17,19H,3-16,18,20-39H2,1-2H3. The van der Waals surface area contributed by atoms with E-state index in [4.69, 9.17) is 9.47 Å². The van der Waals surface area contributed by atoms with Crippen LogP contribution >= 0.6 is 0 Å². The Balaban J connectivity index is 3.29. The van der Waals surface area contributed by atoms with Gasteiger partial charge in [-0.25, -0.2) is 4.79 Å². The van der Waals surface area contributed by atoms with Crippen LogP contribution in [0.2, 0.25) is 0 Å². The third-order valence-electron chi connectivity index (χ3n) is 9.06. The Bertz CT molecular complexity index is 629. The van der Waals surface area contributed by atoms with Gasteiger partial charge in [0.25, 0.3) is 0 Å². The van der Waals surface area contributed by atoms with E-state index in [0.29, 0.717) is 13.0 Å². The Kier molecular flexibility index (Phi) is 37.7. The van der Waals surface area contributed by atoms with Crippen LogP contribution in [0.3, 0.4) is 0 Å². The van der Waals surface area contributed by atoms with E-state index < -0.39 is 12.1 Å². The lowest BCUT2D eigenvalue weighted by Gasteiger charge is -2.06. The molecule has 45 heavy (non-hydrogen) atoms. The van der Waals surface area contributed by atoms with Gasteiger partial charge in [0.05, 0.1) is 6.61 Å². The van der Waals surface area contributed by atoms with Crippen LogP contribution in [0, 0.1) is 0 Å². The van der Waals surface area contributed by atoms with Crippen molar-refractivity contribution in [2.24, 2.45) is 0 Å². The van der Waals surface area contributed by atoms with Gasteiger partial charge in [-0.05, 0) is 38.5 Å². The molecule has 0 unspecified atom stereocenters. The van der Waals surface area contributed by atoms with Crippen LogP contribution in [0.1, 0.15) is 232 Å². The van der Waals surface area contributed by atoms with Gasteiger partial charge in [-0.15, -0.1) is 0 Å². The molecule has 0 spiro atoms. The number of carbonyl (C=O) groups is 2. The summed E-state index contributed by atoms with van der Waals surface area (Å²) in [5, 5.41) is 0. The van der Waals surface area contributed by atoms with Crippen LogP contribution in [-0.2, 0) is 14.3 Å². The maximum absolute atomic E-state index is 11.9. The van der Waals surface area contributed by atoms with Crippen molar-refractivity contribution in [1.82, 2.24) is 0 Å². The molecule has 0 N–H and O–H groups in total. The van der Waals surface area contributed by atoms with E-state index in [2.05, 4.69) is 26.0 Å². The maximum atomic E-state index is 11.9. The molecule has 0 aliphatic heterocycles. The molecule has 0 atom stereocenters. The van der Waals surface area contributed by atoms with E-state index in [1.807, 2.05) is 0 Å². The van der Waals surface area contributed by atoms with Crippen molar-refractivity contribution < 1.29 is 19.1 Å². The van der Waals surface area contributed by atoms with Gasteiger partial charge in [-0.3, -0.25) is 4.79 Å². The monoisotopic (exact) mass is 635 g/mol. The molecule has 0 saturated carbocycles. The van der Waals surface area contributed by atoms with Crippen molar-refractivity contribution >= 4 is 12.1 Å². The minimum Gasteiger partial charge on any atom is -0.434 e. The highest BCUT2D eigenvalue weighted by Gasteiger charge is 2.11. The molecule has 0 fully saturated rings. The summed E-state index contributed by atoms with van der Waals surface area (Å²) in [4.78, 5) is 23.6. The molecule has 0 aromatic rings. The normalized spacial score (nSPS) is 11.4. The fourth-order valence-corrected chi connectivity index (χ4v) is 6.03. The summed E-state index contributed by atoms with van der Waals surface area (Å²) in [6, 6.07) is 0. The summed E-state index contributed by atoms with van der Waals surface area (Å²) in [6.45, 7) is 4.90. The Morgan fingerprint density at radius 1 is 0.400 bits per heavy atom. The zero-order chi connectivity index (χ0) is 32.7. The molecule has 0 saturated heterocycles. The molecular formula is C41H78O4. The van der Waals surface area contributed by atoms with E-state index in [1.54, 1.807) is 0 Å². The highest BCUT2D eigenvalue weighted by atomic mass is 16.7. The largest absolute Gasteiger partial charge is 0.516 e. The van der Waals surface area contributed by atoms with Crippen molar-refractivity contribution in [3.05, 3.63) is 12.2 Å². The molecule has 0 aliphatic rings. The first kappa shape index (κ1) is 43.7. The number of esters is 1. The average Bonchev–Trinajstić information content (AvgIpc) is 3.03. The number of ether oxygens (including phenoxy) is 2. The lowest BCUT2D eigenvalue weighted by atomic mass is 10.0. The molecule has 4 nitrogen and oxygen atoms in total. The molecule has 4 heteroatoms. The van der Waals surface area contributed by atoms with E-state index in [1.165, 1.54) is 180 Å². The first-order valence-corrected chi connectivity index (χ1v) is 20.2. The number of hydrogen-bond acceptors (Lipinski definition) is 4. The predicted molar refractivity (Wildman–Crippen MR) is 195 cm³/mol. The summed E-state index contributed by atoms with van der Waals surface area (Å²) in [5.74, 6) is -0.451. The third-order valence-corrected chi connectivity index (χ3v) is 9.06. The molecule has 0 heterocycles. The summed E-state index contributed by atoms with van der Waals surface area (Å²) >= 11 is 0. The predicted octanol–water partition coefficient (Wildman–Crippen LogP) is 14.5. The van der Waals surface area contributed by atoms with Crippen molar-refractivity contribution in [3.63, 3.8) is 0 Å². The lowest BCUT2D eigenvalue weighted by molar-refractivity contribution is -0.140. The summed E-state index contributed by atoms with van der Waals surface area (Å²) in [7, 11) is 0. The fraction of sp³-hybridized carbons (Fsp3) is 0.902. The SMILES string of the molecule is CCCCCCCCC=CCCCCCCCCCCCC(=O)OC(=O)OCCCCCCCCCCCCCCCCCC. The summed E-state index contributed by atoms with van der Waals surface area (Å²) in [6.07, 6.45) is 46.8.